The van der Waals surface area contributed by atoms with Crippen molar-refractivity contribution in [2.45, 2.75) is 32.7 Å². The highest BCUT2D eigenvalue weighted by molar-refractivity contribution is 7.18. The molecule has 0 aliphatic carbocycles. The van der Waals surface area contributed by atoms with Crippen LogP contribution in [0.15, 0.2) is 54.6 Å². The fraction of sp³-hybridized carbons (Fsp3) is 0.333. The molecule has 0 bridgehead atoms. The molecule has 0 radical (unpaired) electrons. The molecule has 0 atom stereocenters. The monoisotopic (exact) mass is 390 g/mol. The Bertz CT molecular complexity index is 969. The summed E-state index contributed by atoms with van der Waals surface area (Å²) in [5, 5.41) is 1.06. The van der Waals surface area contributed by atoms with E-state index >= 15 is 0 Å². The third-order valence-corrected chi connectivity index (χ3v) is 6.52. The van der Waals surface area contributed by atoms with Gasteiger partial charge in [0.15, 0.2) is 0 Å². The minimum absolute atomic E-state index is 0.663. The molecule has 4 heteroatoms. The van der Waals surface area contributed by atoms with Crippen molar-refractivity contribution >= 4 is 33.4 Å². The van der Waals surface area contributed by atoms with Crippen molar-refractivity contribution in [3.05, 3.63) is 70.7 Å². The maximum Gasteiger partial charge on any atom is 0.150 e. The van der Waals surface area contributed by atoms with Gasteiger partial charge in [-0.25, -0.2) is 4.98 Å². The second-order valence-corrected chi connectivity index (χ2v) is 8.87. The number of aryl methyl sites for hydroxylation is 1. The summed E-state index contributed by atoms with van der Waals surface area (Å²) in [6.45, 7) is 5.33. The van der Waals surface area contributed by atoms with Gasteiger partial charge >= 0.3 is 0 Å². The van der Waals surface area contributed by atoms with E-state index in [9.17, 15) is 4.79 Å². The van der Waals surface area contributed by atoms with Crippen LogP contribution in [0.4, 0.5) is 0 Å². The molecule has 0 amide bonds. The van der Waals surface area contributed by atoms with Crippen LogP contribution in [-0.4, -0.2) is 29.3 Å². The zero-order chi connectivity index (χ0) is 19.3. The van der Waals surface area contributed by atoms with Gasteiger partial charge in [-0.15, -0.1) is 11.3 Å². The molecule has 0 N–H and O–H groups in total. The van der Waals surface area contributed by atoms with Gasteiger partial charge in [0, 0.05) is 12.1 Å². The molecule has 144 valence electrons. The smallest absolute Gasteiger partial charge is 0.150 e. The maximum absolute atomic E-state index is 11.7. The van der Waals surface area contributed by atoms with Crippen LogP contribution in [0.3, 0.4) is 0 Å². The number of fused-ring (bicyclic) bond motifs is 1. The Kier molecular flexibility index (Phi) is 5.98. The molecule has 1 fully saturated rings. The molecule has 2 aromatic carbocycles. The number of carbonyl (C=O) groups excluding carboxylic acids is 1. The Morgan fingerprint density at radius 1 is 1.18 bits per heavy atom. The van der Waals surface area contributed by atoms with Crippen molar-refractivity contribution in [3.8, 4) is 0 Å². The molecule has 4 rings (SSSR count). The minimum atomic E-state index is 0.663. The number of aldehydes is 1. The van der Waals surface area contributed by atoms with E-state index in [1.54, 1.807) is 11.3 Å². The molecule has 3 aromatic rings. The third kappa shape index (κ3) is 4.57. The van der Waals surface area contributed by atoms with Gasteiger partial charge in [0.2, 0.25) is 0 Å². The minimum Gasteiger partial charge on any atom is -0.299 e. The molecule has 0 saturated carbocycles. The van der Waals surface area contributed by atoms with Crippen LogP contribution in [0.5, 0.6) is 0 Å². The van der Waals surface area contributed by atoms with Gasteiger partial charge in [0.1, 0.15) is 6.29 Å². The summed E-state index contributed by atoms with van der Waals surface area (Å²) in [6, 6.07) is 16.8. The first-order valence-corrected chi connectivity index (χ1v) is 10.8. The predicted molar refractivity (Wildman–Crippen MR) is 117 cm³/mol. The van der Waals surface area contributed by atoms with Crippen LogP contribution in [0.25, 0.3) is 15.8 Å². The number of rotatable bonds is 6. The van der Waals surface area contributed by atoms with E-state index in [1.807, 2.05) is 19.1 Å². The summed E-state index contributed by atoms with van der Waals surface area (Å²) in [5.74, 6) is 0.663. The fourth-order valence-corrected chi connectivity index (χ4v) is 4.84. The van der Waals surface area contributed by atoms with Crippen LogP contribution in [-0.2, 0) is 11.3 Å². The van der Waals surface area contributed by atoms with E-state index in [-0.39, 0.29) is 0 Å². The first-order valence-electron chi connectivity index (χ1n) is 10.0. The molecule has 1 aromatic heterocycles. The summed E-state index contributed by atoms with van der Waals surface area (Å²) in [6.07, 6.45) is 6.51. The molecule has 1 aliphatic rings. The molecule has 0 spiro atoms. The second kappa shape index (κ2) is 8.80. The first kappa shape index (κ1) is 19.0. The number of benzene rings is 2. The second-order valence-electron chi connectivity index (χ2n) is 7.63. The topological polar surface area (TPSA) is 33.2 Å². The SMILES string of the molecule is Cc1nc2ccc(C(C=O)=CCC3CCN(Cc4ccccc4)CC3)cc2s1. The van der Waals surface area contributed by atoms with E-state index in [0.717, 1.165) is 58.7 Å². The summed E-state index contributed by atoms with van der Waals surface area (Å²) >= 11 is 1.68. The Hall–Kier alpha value is -2.30. The number of likely N-dealkylation sites (tertiary alicyclic amines) is 1. The lowest BCUT2D eigenvalue weighted by Crippen LogP contribution is -2.33. The van der Waals surface area contributed by atoms with E-state index in [1.165, 1.54) is 18.4 Å². The molecule has 2 heterocycles. The Morgan fingerprint density at radius 2 is 1.96 bits per heavy atom. The van der Waals surface area contributed by atoms with Gasteiger partial charge in [0.05, 0.1) is 15.2 Å². The quantitative estimate of drug-likeness (QED) is 0.412. The Labute approximate surface area is 170 Å². The molecule has 28 heavy (non-hydrogen) atoms. The lowest BCUT2D eigenvalue weighted by molar-refractivity contribution is -0.103. The van der Waals surface area contributed by atoms with Crippen LogP contribution in [0.1, 0.15) is 35.4 Å². The van der Waals surface area contributed by atoms with E-state index in [2.05, 4.69) is 52.4 Å². The number of nitrogens with zero attached hydrogens (tertiary/aromatic N) is 2. The van der Waals surface area contributed by atoms with Crippen molar-refractivity contribution in [2.24, 2.45) is 5.92 Å². The zero-order valence-electron chi connectivity index (χ0n) is 16.3. The highest BCUT2D eigenvalue weighted by Crippen LogP contribution is 2.27. The molecular weight excluding hydrogens is 364 g/mol. The van der Waals surface area contributed by atoms with Crippen molar-refractivity contribution in [3.63, 3.8) is 0 Å². The van der Waals surface area contributed by atoms with Crippen LogP contribution in [0.2, 0.25) is 0 Å². The summed E-state index contributed by atoms with van der Waals surface area (Å²) in [4.78, 5) is 18.7. The van der Waals surface area contributed by atoms with Gasteiger partial charge in [-0.2, -0.15) is 0 Å². The number of thiazole rings is 1. The van der Waals surface area contributed by atoms with Crippen molar-refractivity contribution < 1.29 is 4.79 Å². The van der Waals surface area contributed by atoms with E-state index in [0.29, 0.717) is 5.92 Å². The molecule has 3 nitrogen and oxygen atoms in total. The van der Waals surface area contributed by atoms with Gasteiger partial charge < -0.3 is 0 Å². The molecule has 1 aliphatic heterocycles. The lowest BCUT2D eigenvalue weighted by atomic mass is 9.91. The summed E-state index contributed by atoms with van der Waals surface area (Å²) < 4.78 is 1.15. The van der Waals surface area contributed by atoms with Gasteiger partial charge in [-0.1, -0.05) is 42.5 Å². The lowest BCUT2D eigenvalue weighted by Gasteiger charge is -2.31. The van der Waals surface area contributed by atoms with Crippen molar-refractivity contribution in [1.29, 1.82) is 0 Å². The average Bonchev–Trinajstić information content (AvgIpc) is 3.10. The van der Waals surface area contributed by atoms with Crippen molar-refractivity contribution in [2.75, 3.05) is 13.1 Å². The highest BCUT2D eigenvalue weighted by Gasteiger charge is 2.18. The predicted octanol–water partition coefficient (Wildman–Crippen LogP) is 5.49. The van der Waals surface area contributed by atoms with Crippen molar-refractivity contribution in [1.82, 2.24) is 9.88 Å². The van der Waals surface area contributed by atoms with Crippen LogP contribution >= 0.6 is 11.3 Å². The van der Waals surface area contributed by atoms with Gasteiger partial charge in [-0.3, -0.25) is 9.69 Å². The van der Waals surface area contributed by atoms with Gasteiger partial charge in [-0.05, 0) is 68.5 Å². The third-order valence-electron chi connectivity index (χ3n) is 5.58. The summed E-state index contributed by atoms with van der Waals surface area (Å²) in [5.41, 5.74) is 4.22. The largest absolute Gasteiger partial charge is 0.299 e. The standard InChI is InChI=1S/C24H26N2OS/c1-18-25-23-10-9-21(15-24(23)28-18)22(17-27)8-7-19-11-13-26(14-12-19)16-20-5-3-2-4-6-20/h2-6,8-10,15,17,19H,7,11-14,16H2,1H3. The van der Waals surface area contributed by atoms with Crippen LogP contribution < -0.4 is 0 Å². The van der Waals surface area contributed by atoms with E-state index < -0.39 is 0 Å². The van der Waals surface area contributed by atoms with Gasteiger partial charge in [0.25, 0.3) is 0 Å². The number of piperidine rings is 1. The maximum atomic E-state index is 11.7. The highest BCUT2D eigenvalue weighted by atomic mass is 32.1. The average molecular weight is 391 g/mol. The fourth-order valence-electron chi connectivity index (χ4n) is 3.97. The van der Waals surface area contributed by atoms with E-state index in [4.69, 9.17) is 0 Å². The first-order chi connectivity index (χ1) is 13.7. The number of carbonyl (C=O) groups is 1. The number of allylic oxidation sites excluding steroid dienone is 2. The normalized spacial score (nSPS) is 16.5. The Morgan fingerprint density at radius 3 is 2.71 bits per heavy atom. The zero-order valence-corrected chi connectivity index (χ0v) is 17.1. The summed E-state index contributed by atoms with van der Waals surface area (Å²) in [7, 11) is 0. The number of hydrogen-bond acceptors (Lipinski definition) is 4. The van der Waals surface area contributed by atoms with Crippen LogP contribution in [0, 0.1) is 12.8 Å². The molecule has 1 saturated heterocycles. The number of hydrogen-bond donors (Lipinski definition) is 0. The number of aromatic nitrogens is 1. The molecular formula is C24H26N2OS. The molecule has 0 unspecified atom stereocenters. The Balaban J connectivity index is 1.35.